The number of nitrogens with one attached hydrogen (secondary N) is 1. The summed E-state index contributed by atoms with van der Waals surface area (Å²) in [6.45, 7) is 4.66. The zero-order chi connectivity index (χ0) is 19.2. The third kappa shape index (κ3) is 5.12. The molecule has 0 aliphatic rings. The molecule has 142 valence electrons. The van der Waals surface area contributed by atoms with Crippen molar-refractivity contribution in [2.24, 2.45) is 0 Å². The molecule has 26 heavy (non-hydrogen) atoms. The number of methoxy groups -OCH3 is 1. The Hall–Kier alpha value is -1.77. The van der Waals surface area contributed by atoms with Gasteiger partial charge in [0, 0.05) is 22.6 Å². The van der Waals surface area contributed by atoms with E-state index in [-0.39, 0.29) is 11.4 Å². The third-order valence-corrected chi connectivity index (χ3v) is 5.41. The van der Waals surface area contributed by atoms with Gasteiger partial charge < -0.3 is 14.2 Å². The standard InChI is InChI=1S/C18H22BrNO5S/c1-4-24-17-9-7-15(11-18(17)25-5-2)26(21,22)20-12-13-10-14(19)6-8-16(13)23-3/h6-11,20H,4-5,12H2,1-3H3. The second kappa shape index (κ2) is 9.25. The van der Waals surface area contributed by atoms with Gasteiger partial charge in [0.15, 0.2) is 11.5 Å². The minimum atomic E-state index is -3.73. The zero-order valence-electron chi connectivity index (χ0n) is 14.9. The molecule has 0 saturated heterocycles. The Morgan fingerprint density at radius 2 is 1.62 bits per heavy atom. The van der Waals surface area contributed by atoms with Gasteiger partial charge in [0.1, 0.15) is 5.75 Å². The number of rotatable bonds is 9. The van der Waals surface area contributed by atoms with Crippen LogP contribution in [-0.4, -0.2) is 28.7 Å². The van der Waals surface area contributed by atoms with Gasteiger partial charge in [0.25, 0.3) is 0 Å². The summed E-state index contributed by atoms with van der Waals surface area (Å²) in [6.07, 6.45) is 0. The number of benzene rings is 2. The monoisotopic (exact) mass is 443 g/mol. The first-order valence-corrected chi connectivity index (χ1v) is 10.4. The van der Waals surface area contributed by atoms with Crippen LogP contribution in [0.5, 0.6) is 17.2 Å². The van der Waals surface area contributed by atoms with Crippen LogP contribution in [-0.2, 0) is 16.6 Å². The van der Waals surface area contributed by atoms with Crippen LogP contribution in [0.2, 0.25) is 0 Å². The molecule has 8 heteroatoms. The van der Waals surface area contributed by atoms with Crippen molar-refractivity contribution in [1.82, 2.24) is 4.72 Å². The van der Waals surface area contributed by atoms with Gasteiger partial charge in [-0.2, -0.15) is 0 Å². The van der Waals surface area contributed by atoms with E-state index in [1.54, 1.807) is 19.2 Å². The molecule has 1 N–H and O–H groups in total. The average Bonchev–Trinajstić information content (AvgIpc) is 2.62. The molecule has 2 aromatic rings. The van der Waals surface area contributed by atoms with Gasteiger partial charge >= 0.3 is 0 Å². The second-order valence-corrected chi connectivity index (χ2v) is 7.94. The van der Waals surface area contributed by atoms with Gasteiger partial charge in [-0.05, 0) is 44.2 Å². The molecule has 2 rings (SSSR count). The van der Waals surface area contributed by atoms with Gasteiger partial charge in [-0.3, -0.25) is 0 Å². The van der Waals surface area contributed by atoms with E-state index in [1.165, 1.54) is 12.1 Å². The minimum absolute atomic E-state index is 0.0993. The van der Waals surface area contributed by atoms with E-state index in [1.807, 2.05) is 26.0 Å². The summed E-state index contributed by atoms with van der Waals surface area (Å²) in [6, 6.07) is 9.98. The normalized spacial score (nSPS) is 11.2. The summed E-state index contributed by atoms with van der Waals surface area (Å²) < 4.78 is 45.0. The minimum Gasteiger partial charge on any atom is -0.496 e. The quantitative estimate of drug-likeness (QED) is 0.638. The number of sulfonamides is 1. The van der Waals surface area contributed by atoms with E-state index in [9.17, 15) is 8.42 Å². The van der Waals surface area contributed by atoms with Gasteiger partial charge in [-0.25, -0.2) is 13.1 Å². The lowest BCUT2D eigenvalue weighted by Crippen LogP contribution is -2.23. The molecule has 0 atom stereocenters. The molecule has 0 bridgehead atoms. The van der Waals surface area contributed by atoms with Gasteiger partial charge in [-0.1, -0.05) is 15.9 Å². The number of ether oxygens (including phenoxy) is 3. The molecule has 0 fully saturated rings. The van der Waals surface area contributed by atoms with Crippen LogP contribution in [0.3, 0.4) is 0 Å². The van der Waals surface area contributed by atoms with Crippen molar-refractivity contribution in [3.63, 3.8) is 0 Å². The summed E-state index contributed by atoms with van der Waals surface area (Å²) >= 11 is 3.38. The predicted molar refractivity (Wildman–Crippen MR) is 103 cm³/mol. The number of hydrogen-bond acceptors (Lipinski definition) is 5. The molecule has 0 saturated carbocycles. The highest BCUT2D eigenvalue weighted by Gasteiger charge is 2.18. The molecule has 0 spiro atoms. The van der Waals surface area contributed by atoms with Crippen LogP contribution >= 0.6 is 15.9 Å². The molecule has 0 heterocycles. The van der Waals surface area contributed by atoms with Crippen LogP contribution in [0.4, 0.5) is 0 Å². The molecule has 0 aliphatic heterocycles. The van der Waals surface area contributed by atoms with E-state index in [0.717, 1.165) is 10.0 Å². The summed E-state index contributed by atoms with van der Waals surface area (Å²) in [5.74, 6) is 1.52. The summed E-state index contributed by atoms with van der Waals surface area (Å²) in [5.41, 5.74) is 0.724. The van der Waals surface area contributed by atoms with Crippen LogP contribution in [0.15, 0.2) is 45.8 Å². The molecule has 0 aliphatic carbocycles. The lowest BCUT2D eigenvalue weighted by Gasteiger charge is -2.14. The topological polar surface area (TPSA) is 73.9 Å². The molecule has 0 amide bonds. The summed E-state index contributed by atoms with van der Waals surface area (Å²) in [7, 11) is -2.18. The SMILES string of the molecule is CCOc1ccc(S(=O)(=O)NCc2cc(Br)ccc2OC)cc1OCC. The van der Waals surface area contributed by atoms with E-state index >= 15 is 0 Å². The summed E-state index contributed by atoms with van der Waals surface area (Å²) in [5, 5.41) is 0. The fourth-order valence-electron chi connectivity index (χ4n) is 2.34. The molecule has 0 radical (unpaired) electrons. The van der Waals surface area contributed by atoms with Crippen LogP contribution in [0.25, 0.3) is 0 Å². The Labute approximate surface area is 162 Å². The van der Waals surface area contributed by atoms with Crippen LogP contribution in [0.1, 0.15) is 19.4 Å². The van der Waals surface area contributed by atoms with Gasteiger partial charge in [0.2, 0.25) is 10.0 Å². The highest BCUT2D eigenvalue weighted by atomic mass is 79.9. The van der Waals surface area contributed by atoms with Gasteiger partial charge in [0.05, 0.1) is 25.2 Å². The maximum atomic E-state index is 12.7. The Balaban J connectivity index is 2.25. The van der Waals surface area contributed by atoms with Crippen molar-refractivity contribution >= 4 is 26.0 Å². The Morgan fingerprint density at radius 1 is 0.962 bits per heavy atom. The maximum Gasteiger partial charge on any atom is 0.241 e. The molecular weight excluding hydrogens is 422 g/mol. The molecule has 0 unspecified atom stereocenters. The average molecular weight is 444 g/mol. The van der Waals surface area contributed by atoms with Crippen LogP contribution in [0, 0.1) is 0 Å². The van der Waals surface area contributed by atoms with E-state index in [4.69, 9.17) is 14.2 Å². The third-order valence-electron chi connectivity index (χ3n) is 3.52. The van der Waals surface area contributed by atoms with Gasteiger partial charge in [-0.15, -0.1) is 0 Å². The molecule has 6 nitrogen and oxygen atoms in total. The lowest BCUT2D eigenvalue weighted by atomic mass is 10.2. The fraction of sp³-hybridized carbons (Fsp3) is 0.333. The summed E-state index contributed by atoms with van der Waals surface area (Å²) in [4.78, 5) is 0.110. The highest BCUT2D eigenvalue weighted by Crippen LogP contribution is 2.30. The molecular formula is C18H22BrNO5S. The second-order valence-electron chi connectivity index (χ2n) is 5.26. The first-order valence-electron chi connectivity index (χ1n) is 8.13. The van der Waals surface area contributed by atoms with Crippen molar-refractivity contribution in [2.75, 3.05) is 20.3 Å². The Morgan fingerprint density at radius 3 is 2.27 bits per heavy atom. The predicted octanol–water partition coefficient (Wildman–Crippen LogP) is 3.73. The number of hydrogen-bond donors (Lipinski definition) is 1. The smallest absolute Gasteiger partial charge is 0.241 e. The number of halogens is 1. The fourth-order valence-corrected chi connectivity index (χ4v) is 3.77. The van der Waals surface area contributed by atoms with E-state index in [0.29, 0.717) is 30.5 Å². The Kier molecular flexibility index (Phi) is 7.31. The van der Waals surface area contributed by atoms with Crippen LogP contribution < -0.4 is 18.9 Å². The first kappa shape index (κ1) is 20.5. The van der Waals surface area contributed by atoms with Crippen molar-refractivity contribution in [3.8, 4) is 17.2 Å². The molecule has 2 aromatic carbocycles. The van der Waals surface area contributed by atoms with E-state index in [2.05, 4.69) is 20.7 Å². The highest BCUT2D eigenvalue weighted by molar-refractivity contribution is 9.10. The Bertz CT molecular complexity index is 855. The maximum absolute atomic E-state index is 12.7. The van der Waals surface area contributed by atoms with Crippen molar-refractivity contribution in [2.45, 2.75) is 25.3 Å². The molecule has 0 aromatic heterocycles. The zero-order valence-corrected chi connectivity index (χ0v) is 17.3. The largest absolute Gasteiger partial charge is 0.496 e. The first-order chi connectivity index (χ1) is 12.4. The van der Waals surface area contributed by atoms with Crippen molar-refractivity contribution < 1.29 is 22.6 Å². The lowest BCUT2D eigenvalue weighted by molar-refractivity contribution is 0.287. The van der Waals surface area contributed by atoms with Crippen molar-refractivity contribution in [1.29, 1.82) is 0 Å². The van der Waals surface area contributed by atoms with E-state index < -0.39 is 10.0 Å². The van der Waals surface area contributed by atoms with Crippen molar-refractivity contribution in [3.05, 3.63) is 46.4 Å².